The average Bonchev–Trinajstić information content (AvgIpc) is 2.71. The number of ether oxygens (including phenoxy) is 1. The predicted octanol–water partition coefficient (Wildman–Crippen LogP) is 1.70. The molecular formula is C23H42N4O5. The maximum atomic E-state index is 13.1. The van der Waals surface area contributed by atoms with Crippen LogP contribution in [0.25, 0.3) is 0 Å². The number of morpholine rings is 1. The zero-order chi connectivity index (χ0) is 24.3. The van der Waals surface area contributed by atoms with Crippen LogP contribution in [-0.4, -0.2) is 73.5 Å². The molecule has 0 aliphatic carbocycles. The molecule has 0 bridgehead atoms. The molecule has 0 unspecified atom stereocenters. The summed E-state index contributed by atoms with van der Waals surface area (Å²) in [5.41, 5.74) is 0. The molecule has 3 N–H and O–H groups in total. The molecule has 1 aliphatic heterocycles. The highest BCUT2D eigenvalue weighted by molar-refractivity contribution is 5.92. The topological polar surface area (TPSA) is 117 Å². The van der Waals surface area contributed by atoms with E-state index in [4.69, 9.17) is 4.74 Å². The molecule has 0 aromatic rings. The van der Waals surface area contributed by atoms with E-state index in [-0.39, 0.29) is 29.7 Å². The lowest BCUT2D eigenvalue weighted by atomic mass is 9.99. The minimum absolute atomic E-state index is 0.150. The van der Waals surface area contributed by atoms with Gasteiger partial charge in [-0.15, -0.1) is 0 Å². The van der Waals surface area contributed by atoms with E-state index in [1.165, 1.54) is 0 Å². The zero-order valence-electron chi connectivity index (χ0n) is 20.5. The van der Waals surface area contributed by atoms with Crippen LogP contribution in [0.15, 0.2) is 0 Å². The van der Waals surface area contributed by atoms with Crippen molar-refractivity contribution >= 4 is 24.1 Å². The fourth-order valence-electron chi connectivity index (χ4n) is 3.62. The van der Waals surface area contributed by atoms with Crippen LogP contribution in [-0.2, 0) is 19.1 Å². The lowest BCUT2D eigenvalue weighted by Gasteiger charge is -2.30. The molecule has 32 heavy (non-hydrogen) atoms. The van der Waals surface area contributed by atoms with Crippen LogP contribution in [0, 0.1) is 17.8 Å². The Morgan fingerprint density at radius 3 is 1.72 bits per heavy atom. The molecule has 9 heteroatoms. The summed E-state index contributed by atoms with van der Waals surface area (Å²) in [5, 5.41) is 8.39. The number of urea groups is 1. The van der Waals surface area contributed by atoms with Gasteiger partial charge in [-0.25, -0.2) is 4.79 Å². The average molecular weight is 455 g/mol. The molecule has 9 nitrogen and oxygen atoms in total. The monoisotopic (exact) mass is 454 g/mol. The maximum absolute atomic E-state index is 13.1. The van der Waals surface area contributed by atoms with Crippen molar-refractivity contribution < 1.29 is 23.9 Å². The van der Waals surface area contributed by atoms with Gasteiger partial charge in [0.2, 0.25) is 11.8 Å². The van der Waals surface area contributed by atoms with Crippen LogP contribution in [0.4, 0.5) is 4.79 Å². The van der Waals surface area contributed by atoms with Gasteiger partial charge in [0.25, 0.3) is 0 Å². The minimum Gasteiger partial charge on any atom is -0.378 e. The number of amides is 4. The van der Waals surface area contributed by atoms with Crippen LogP contribution >= 0.6 is 0 Å². The molecule has 1 fully saturated rings. The summed E-state index contributed by atoms with van der Waals surface area (Å²) in [6.45, 7) is 13.7. The van der Waals surface area contributed by atoms with Gasteiger partial charge in [0.15, 0.2) is 0 Å². The Bertz CT molecular complexity index is 618. The van der Waals surface area contributed by atoms with Crippen molar-refractivity contribution in [3.8, 4) is 0 Å². The van der Waals surface area contributed by atoms with Gasteiger partial charge in [-0.1, -0.05) is 41.5 Å². The number of carbonyl (C=O) groups excluding carboxylic acids is 4. The number of carbonyl (C=O) groups is 4. The Balaban J connectivity index is 2.87. The number of hydrogen-bond donors (Lipinski definition) is 3. The van der Waals surface area contributed by atoms with E-state index in [0.717, 1.165) is 6.29 Å². The third-order valence-electron chi connectivity index (χ3n) is 5.18. The van der Waals surface area contributed by atoms with Crippen molar-refractivity contribution in [3.63, 3.8) is 0 Å². The number of hydrogen-bond acceptors (Lipinski definition) is 5. The third kappa shape index (κ3) is 10.4. The number of aldehydes is 1. The van der Waals surface area contributed by atoms with Gasteiger partial charge >= 0.3 is 6.03 Å². The Kier molecular flexibility index (Phi) is 12.3. The lowest BCUT2D eigenvalue weighted by molar-refractivity contribution is -0.131. The van der Waals surface area contributed by atoms with Crippen molar-refractivity contribution in [2.75, 3.05) is 26.3 Å². The second kappa shape index (κ2) is 14.1. The van der Waals surface area contributed by atoms with Crippen molar-refractivity contribution in [1.29, 1.82) is 0 Å². The number of rotatable bonds is 12. The molecule has 184 valence electrons. The quantitative estimate of drug-likeness (QED) is 0.388. The minimum atomic E-state index is -0.785. The first-order chi connectivity index (χ1) is 15.0. The fourth-order valence-corrected chi connectivity index (χ4v) is 3.62. The van der Waals surface area contributed by atoms with Gasteiger partial charge < -0.3 is 30.4 Å². The van der Waals surface area contributed by atoms with Crippen LogP contribution in [0.1, 0.15) is 60.8 Å². The molecular weight excluding hydrogens is 412 g/mol. The Morgan fingerprint density at radius 1 is 0.781 bits per heavy atom. The second-order valence-electron chi connectivity index (χ2n) is 9.80. The zero-order valence-corrected chi connectivity index (χ0v) is 20.5. The lowest BCUT2D eigenvalue weighted by Crippen LogP contribution is -2.57. The number of nitrogens with zero attached hydrogens (tertiary/aromatic N) is 1. The van der Waals surface area contributed by atoms with E-state index in [1.54, 1.807) is 4.90 Å². The first kappa shape index (κ1) is 27.9. The molecule has 1 saturated heterocycles. The SMILES string of the molecule is CC(C)C[C@@H](C=O)NC(=O)[C@H](CC(C)C)NC(=O)[C@H](CC(C)C)NC(=O)N1CCOCC1. The standard InChI is InChI=1S/C23H42N4O5/c1-15(2)11-18(14-28)24-21(29)19(12-16(3)4)25-22(30)20(13-17(5)6)26-23(31)27-7-9-32-10-8-27/h14-20H,7-13H2,1-6H3,(H,24,29)(H,25,30)(H,26,31)/t18-,19-,20-/m0/s1. The molecule has 0 aromatic carbocycles. The highest BCUT2D eigenvalue weighted by Gasteiger charge is 2.30. The van der Waals surface area contributed by atoms with Gasteiger partial charge in [0.1, 0.15) is 18.4 Å². The summed E-state index contributed by atoms with van der Waals surface area (Å²) in [6, 6.07) is -2.45. The van der Waals surface area contributed by atoms with Crippen molar-refractivity contribution in [1.82, 2.24) is 20.9 Å². The van der Waals surface area contributed by atoms with Gasteiger partial charge in [-0.05, 0) is 37.0 Å². The van der Waals surface area contributed by atoms with Crippen LogP contribution < -0.4 is 16.0 Å². The predicted molar refractivity (Wildman–Crippen MR) is 123 cm³/mol. The first-order valence-electron chi connectivity index (χ1n) is 11.7. The van der Waals surface area contributed by atoms with Crippen molar-refractivity contribution in [2.45, 2.75) is 78.9 Å². The largest absolute Gasteiger partial charge is 0.378 e. The molecule has 0 saturated carbocycles. The molecule has 1 aliphatic rings. The van der Waals surface area contributed by atoms with Crippen LogP contribution in [0.3, 0.4) is 0 Å². The second-order valence-corrected chi connectivity index (χ2v) is 9.80. The Morgan fingerprint density at radius 2 is 1.25 bits per heavy atom. The summed E-state index contributed by atoms with van der Waals surface area (Å²) in [5.74, 6) is -0.217. The summed E-state index contributed by atoms with van der Waals surface area (Å²) >= 11 is 0. The van der Waals surface area contributed by atoms with E-state index in [9.17, 15) is 19.2 Å². The molecule has 0 radical (unpaired) electrons. The van der Waals surface area contributed by atoms with Gasteiger partial charge in [0.05, 0.1) is 19.3 Å². The third-order valence-corrected chi connectivity index (χ3v) is 5.18. The van der Waals surface area contributed by atoms with Gasteiger partial charge in [0, 0.05) is 13.1 Å². The smallest absolute Gasteiger partial charge is 0.318 e. The summed E-state index contributed by atoms with van der Waals surface area (Å²) in [6.07, 6.45) is 2.14. The Hall–Kier alpha value is -2.16. The first-order valence-corrected chi connectivity index (χ1v) is 11.7. The van der Waals surface area contributed by atoms with E-state index >= 15 is 0 Å². The molecule has 3 atom stereocenters. The van der Waals surface area contributed by atoms with E-state index in [1.807, 2.05) is 41.5 Å². The number of nitrogens with one attached hydrogen (secondary N) is 3. The summed E-state index contributed by atoms with van der Waals surface area (Å²) in [7, 11) is 0. The molecule has 1 rings (SSSR count). The molecule has 0 spiro atoms. The molecule has 0 aromatic heterocycles. The normalized spacial score (nSPS) is 17.1. The fraction of sp³-hybridized carbons (Fsp3) is 0.826. The highest BCUT2D eigenvalue weighted by atomic mass is 16.5. The van der Waals surface area contributed by atoms with Crippen LogP contribution in [0.5, 0.6) is 0 Å². The van der Waals surface area contributed by atoms with E-state index in [0.29, 0.717) is 45.6 Å². The summed E-state index contributed by atoms with van der Waals surface area (Å²) < 4.78 is 5.28. The summed E-state index contributed by atoms with van der Waals surface area (Å²) in [4.78, 5) is 51.6. The van der Waals surface area contributed by atoms with Crippen LogP contribution in [0.2, 0.25) is 0 Å². The van der Waals surface area contributed by atoms with Gasteiger partial charge in [-0.2, -0.15) is 0 Å². The van der Waals surface area contributed by atoms with E-state index < -0.39 is 24.0 Å². The highest BCUT2D eigenvalue weighted by Crippen LogP contribution is 2.11. The molecule has 4 amide bonds. The maximum Gasteiger partial charge on any atom is 0.318 e. The van der Waals surface area contributed by atoms with E-state index in [2.05, 4.69) is 16.0 Å². The van der Waals surface area contributed by atoms with Crippen molar-refractivity contribution in [3.05, 3.63) is 0 Å². The van der Waals surface area contributed by atoms with Crippen molar-refractivity contribution in [2.24, 2.45) is 17.8 Å². The van der Waals surface area contributed by atoms with Gasteiger partial charge in [-0.3, -0.25) is 9.59 Å². The Labute approximate surface area is 192 Å². The molecule has 1 heterocycles.